The number of allylic oxidation sites excluding steroid dienone is 1. The molecular weight excluding hydrogens is 406 g/mol. The predicted molar refractivity (Wildman–Crippen MR) is 126 cm³/mol. The molecule has 3 rings (SSSR count). The highest BCUT2D eigenvalue weighted by atomic mass is 16.5. The molecule has 2 aromatic carbocycles. The molecule has 6 heteroatoms. The van der Waals surface area contributed by atoms with E-state index in [0.29, 0.717) is 23.7 Å². The van der Waals surface area contributed by atoms with E-state index < -0.39 is 0 Å². The van der Waals surface area contributed by atoms with E-state index in [0.717, 1.165) is 37.4 Å². The van der Waals surface area contributed by atoms with Gasteiger partial charge in [-0.25, -0.2) is 0 Å². The monoisotopic (exact) mass is 439 g/mol. The summed E-state index contributed by atoms with van der Waals surface area (Å²) in [6.45, 7) is 7.75. The van der Waals surface area contributed by atoms with Crippen LogP contribution in [0.2, 0.25) is 0 Å². The van der Waals surface area contributed by atoms with E-state index in [2.05, 4.69) is 18.7 Å². The molecule has 0 bridgehead atoms. The van der Waals surface area contributed by atoms with E-state index in [1.165, 1.54) is 0 Å². The highest BCUT2D eigenvalue weighted by Gasteiger charge is 2.21. The van der Waals surface area contributed by atoms with E-state index in [1.54, 1.807) is 50.6 Å². The van der Waals surface area contributed by atoms with Crippen molar-refractivity contribution in [2.24, 2.45) is 0 Å². The third-order valence-electron chi connectivity index (χ3n) is 5.36. The van der Waals surface area contributed by atoms with E-state index >= 15 is 0 Å². The van der Waals surface area contributed by atoms with Crippen LogP contribution in [0.15, 0.2) is 48.5 Å². The van der Waals surface area contributed by atoms with E-state index in [4.69, 9.17) is 18.9 Å². The zero-order valence-electron chi connectivity index (χ0n) is 19.4. The van der Waals surface area contributed by atoms with Crippen molar-refractivity contribution in [1.29, 1.82) is 0 Å². The maximum atomic E-state index is 12.4. The minimum atomic E-state index is -0.0707. The van der Waals surface area contributed by atoms with Gasteiger partial charge in [-0.2, -0.15) is 0 Å². The topological polar surface area (TPSA) is 57.2 Å². The molecule has 2 aromatic rings. The number of ether oxygens (including phenoxy) is 4. The number of carbonyl (C=O) groups excluding carboxylic acids is 1. The third kappa shape index (κ3) is 6.84. The molecule has 1 saturated heterocycles. The zero-order valence-corrected chi connectivity index (χ0v) is 19.4. The first-order valence-electron chi connectivity index (χ1n) is 11.0. The van der Waals surface area contributed by atoms with Crippen LogP contribution in [-0.4, -0.2) is 63.4 Å². The maximum Gasteiger partial charge on any atom is 0.185 e. The number of hydrogen-bond acceptors (Lipinski definition) is 6. The molecule has 0 aromatic heterocycles. The highest BCUT2D eigenvalue weighted by molar-refractivity contribution is 6.06. The summed E-state index contributed by atoms with van der Waals surface area (Å²) in [5.41, 5.74) is 1.48. The number of benzene rings is 2. The molecule has 1 fully saturated rings. The molecule has 0 saturated carbocycles. The number of morpholine rings is 1. The first-order chi connectivity index (χ1) is 15.5. The van der Waals surface area contributed by atoms with Crippen LogP contribution in [0.3, 0.4) is 0 Å². The van der Waals surface area contributed by atoms with Crippen molar-refractivity contribution >= 4 is 11.9 Å². The Bertz CT molecular complexity index is 899. The Morgan fingerprint density at radius 1 is 1.03 bits per heavy atom. The number of nitrogens with zero attached hydrogens (tertiary/aromatic N) is 1. The van der Waals surface area contributed by atoms with Gasteiger partial charge in [0, 0.05) is 25.2 Å². The molecule has 1 aliphatic rings. The van der Waals surface area contributed by atoms with Crippen LogP contribution >= 0.6 is 0 Å². The molecule has 2 atom stereocenters. The summed E-state index contributed by atoms with van der Waals surface area (Å²) in [7, 11) is 3.22. The molecule has 1 heterocycles. The molecule has 0 radical (unpaired) electrons. The van der Waals surface area contributed by atoms with Crippen molar-refractivity contribution in [2.75, 3.05) is 40.5 Å². The molecule has 32 heavy (non-hydrogen) atoms. The molecule has 0 aliphatic carbocycles. The van der Waals surface area contributed by atoms with Crippen molar-refractivity contribution in [3.8, 4) is 17.2 Å². The summed E-state index contributed by atoms with van der Waals surface area (Å²) in [6.07, 6.45) is 4.82. The largest absolute Gasteiger partial charge is 0.497 e. The standard InChI is InChI=1S/C26H33NO5/c1-19-17-27(18-20(2)32-19)14-5-15-31-25-13-7-21(16-26(25)30-4)6-12-24(28)22-8-10-23(29-3)11-9-22/h6-13,16,19-20H,5,14-15,17-18H2,1-4H3/b12-6+. The minimum absolute atomic E-state index is 0.0707. The van der Waals surface area contributed by atoms with E-state index in [9.17, 15) is 4.79 Å². The van der Waals surface area contributed by atoms with Crippen LogP contribution in [0, 0.1) is 0 Å². The summed E-state index contributed by atoms with van der Waals surface area (Å²) in [5.74, 6) is 2.01. The van der Waals surface area contributed by atoms with Crippen LogP contribution in [0.1, 0.15) is 36.2 Å². The molecule has 0 spiro atoms. The molecule has 6 nitrogen and oxygen atoms in total. The normalized spacial score (nSPS) is 19.1. The Morgan fingerprint density at radius 3 is 2.41 bits per heavy atom. The molecule has 2 unspecified atom stereocenters. The van der Waals surface area contributed by atoms with Crippen LogP contribution in [-0.2, 0) is 4.74 Å². The molecule has 1 aliphatic heterocycles. The second-order valence-electron chi connectivity index (χ2n) is 8.06. The van der Waals surface area contributed by atoms with Gasteiger partial charge in [0.25, 0.3) is 0 Å². The lowest BCUT2D eigenvalue weighted by atomic mass is 10.1. The summed E-state index contributed by atoms with van der Waals surface area (Å²) in [6, 6.07) is 12.7. The second kappa shape index (κ2) is 11.7. The lowest BCUT2D eigenvalue weighted by Crippen LogP contribution is -2.45. The van der Waals surface area contributed by atoms with Gasteiger partial charge in [0.2, 0.25) is 0 Å². The fraction of sp³-hybridized carbons (Fsp3) is 0.423. The number of hydrogen-bond donors (Lipinski definition) is 0. The van der Waals surface area contributed by atoms with Gasteiger partial charge in [-0.3, -0.25) is 9.69 Å². The van der Waals surface area contributed by atoms with Gasteiger partial charge in [0.05, 0.1) is 33.0 Å². The Morgan fingerprint density at radius 2 is 1.75 bits per heavy atom. The first kappa shape index (κ1) is 23.8. The Kier molecular flexibility index (Phi) is 8.71. The smallest absolute Gasteiger partial charge is 0.185 e. The fourth-order valence-corrected chi connectivity index (χ4v) is 3.87. The zero-order chi connectivity index (χ0) is 22.9. The fourth-order valence-electron chi connectivity index (χ4n) is 3.87. The lowest BCUT2D eigenvalue weighted by molar-refractivity contribution is -0.0686. The lowest BCUT2D eigenvalue weighted by Gasteiger charge is -2.35. The van der Waals surface area contributed by atoms with Crippen molar-refractivity contribution in [3.63, 3.8) is 0 Å². The Hall–Kier alpha value is -2.83. The van der Waals surface area contributed by atoms with Crippen molar-refractivity contribution < 1.29 is 23.7 Å². The first-order valence-corrected chi connectivity index (χ1v) is 11.0. The summed E-state index contributed by atoms with van der Waals surface area (Å²) in [4.78, 5) is 14.8. The quantitative estimate of drug-likeness (QED) is 0.309. The number of carbonyl (C=O) groups is 1. The van der Waals surface area contributed by atoms with Gasteiger partial charge in [-0.15, -0.1) is 0 Å². The maximum absolute atomic E-state index is 12.4. The van der Waals surface area contributed by atoms with Gasteiger partial charge in [-0.1, -0.05) is 12.1 Å². The van der Waals surface area contributed by atoms with Gasteiger partial charge < -0.3 is 18.9 Å². The van der Waals surface area contributed by atoms with E-state index in [1.807, 2.05) is 18.2 Å². The van der Waals surface area contributed by atoms with Crippen LogP contribution in [0.5, 0.6) is 17.2 Å². The number of methoxy groups -OCH3 is 2. The third-order valence-corrected chi connectivity index (χ3v) is 5.36. The molecule has 0 N–H and O–H groups in total. The Balaban J connectivity index is 1.52. The van der Waals surface area contributed by atoms with Crippen molar-refractivity contribution in [3.05, 3.63) is 59.7 Å². The average molecular weight is 440 g/mol. The summed E-state index contributed by atoms with van der Waals surface area (Å²) >= 11 is 0. The Labute approximate surface area is 190 Å². The minimum Gasteiger partial charge on any atom is -0.497 e. The van der Waals surface area contributed by atoms with Gasteiger partial charge in [0.1, 0.15) is 5.75 Å². The predicted octanol–water partition coefficient (Wildman–Crippen LogP) is 4.48. The van der Waals surface area contributed by atoms with Crippen LogP contribution < -0.4 is 14.2 Å². The number of rotatable bonds is 10. The average Bonchev–Trinajstić information content (AvgIpc) is 2.80. The van der Waals surface area contributed by atoms with Gasteiger partial charge >= 0.3 is 0 Å². The van der Waals surface area contributed by atoms with Crippen molar-refractivity contribution in [2.45, 2.75) is 32.5 Å². The summed E-state index contributed by atoms with van der Waals surface area (Å²) < 4.78 is 22.4. The summed E-state index contributed by atoms with van der Waals surface area (Å²) in [5, 5.41) is 0. The van der Waals surface area contributed by atoms with E-state index in [-0.39, 0.29) is 18.0 Å². The molecule has 0 amide bonds. The molecule has 172 valence electrons. The van der Waals surface area contributed by atoms with Crippen LogP contribution in [0.4, 0.5) is 0 Å². The van der Waals surface area contributed by atoms with Crippen molar-refractivity contribution in [1.82, 2.24) is 4.90 Å². The van der Waals surface area contributed by atoms with Gasteiger partial charge in [0.15, 0.2) is 17.3 Å². The second-order valence-corrected chi connectivity index (χ2v) is 8.06. The van der Waals surface area contributed by atoms with Gasteiger partial charge in [-0.05, 0) is 68.3 Å². The van der Waals surface area contributed by atoms with Crippen LogP contribution in [0.25, 0.3) is 6.08 Å². The highest BCUT2D eigenvalue weighted by Crippen LogP contribution is 2.29. The number of ketones is 1. The SMILES string of the molecule is COc1ccc(C(=O)/C=C/c2ccc(OCCCN3CC(C)OC(C)C3)c(OC)c2)cc1. The molecular formula is C26H33NO5.